The molecule has 4 rings (SSSR count). The van der Waals surface area contributed by atoms with Crippen LogP contribution in [-0.4, -0.2) is 91.0 Å². The van der Waals surface area contributed by atoms with Gasteiger partial charge in [0.1, 0.15) is 17.6 Å². The topological polar surface area (TPSA) is 134 Å². The van der Waals surface area contributed by atoms with Gasteiger partial charge >= 0.3 is 0 Å². The van der Waals surface area contributed by atoms with E-state index in [9.17, 15) is 17.6 Å². The molecule has 2 fully saturated rings. The van der Waals surface area contributed by atoms with Gasteiger partial charge in [0.25, 0.3) is 5.91 Å². The summed E-state index contributed by atoms with van der Waals surface area (Å²) in [5.41, 5.74) is 5.94. The van der Waals surface area contributed by atoms with Crippen molar-refractivity contribution in [1.82, 2.24) is 25.3 Å². The fourth-order valence-electron chi connectivity index (χ4n) is 6.07. The predicted octanol–water partition coefficient (Wildman–Crippen LogP) is 0.615. The highest BCUT2D eigenvalue weighted by molar-refractivity contribution is 7.91. The number of nitrogens with one attached hydrogen (secondary N) is 3. The molecule has 0 aliphatic carbocycles. The molecular formula is C22H38FN7O3S. The minimum absolute atomic E-state index is 0.0578. The first kappa shape index (κ1) is 25.2. The minimum atomic E-state index is -3.16. The van der Waals surface area contributed by atoms with Gasteiger partial charge in [-0.3, -0.25) is 9.69 Å². The van der Waals surface area contributed by atoms with Crippen molar-refractivity contribution in [2.75, 3.05) is 50.0 Å². The van der Waals surface area contributed by atoms with E-state index >= 15 is 0 Å². The molecule has 0 aromatic carbocycles. The maximum atomic E-state index is 13.8. The van der Waals surface area contributed by atoms with Gasteiger partial charge in [0.15, 0.2) is 15.7 Å². The molecule has 0 spiro atoms. The molecule has 192 valence electrons. The molecule has 3 aliphatic rings. The molecule has 1 aromatic rings. The molecule has 12 heteroatoms. The largest absolute Gasteiger partial charge is 0.381 e. The number of carbonyl (C=O) groups is 1. The SMILES string of the molecule is CCC(C)C1(N2CCCC(S(C)(=O)=O)C2)CCNCC1NC(=O)c1c(N)nn2c1NCC(F)C2. The quantitative estimate of drug-likeness (QED) is 0.447. The van der Waals surface area contributed by atoms with Crippen molar-refractivity contribution in [3.8, 4) is 0 Å². The number of alkyl halides is 1. The summed E-state index contributed by atoms with van der Waals surface area (Å²) < 4.78 is 40.0. The van der Waals surface area contributed by atoms with E-state index in [1.54, 1.807) is 0 Å². The van der Waals surface area contributed by atoms with Crippen LogP contribution >= 0.6 is 0 Å². The second-order valence-corrected chi connectivity index (χ2v) is 12.4. The Kier molecular flexibility index (Phi) is 7.12. The first-order valence-electron chi connectivity index (χ1n) is 12.3. The molecule has 34 heavy (non-hydrogen) atoms. The van der Waals surface area contributed by atoms with Crippen molar-refractivity contribution in [2.24, 2.45) is 5.92 Å². The van der Waals surface area contributed by atoms with Crippen molar-refractivity contribution in [3.63, 3.8) is 0 Å². The molecule has 1 amide bonds. The Morgan fingerprint density at radius 3 is 2.85 bits per heavy atom. The maximum absolute atomic E-state index is 13.8. The Labute approximate surface area is 201 Å². The van der Waals surface area contributed by atoms with Crippen molar-refractivity contribution >= 4 is 27.4 Å². The molecule has 10 nitrogen and oxygen atoms in total. The highest BCUT2D eigenvalue weighted by Gasteiger charge is 2.51. The highest BCUT2D eigenvalue weighted by Crippen LogP contribution is 2.39. The van der Waals surface area contributed by atoms with Crippen LogP contribution in [0, 0.1) is 5.92 Å². The van der Waals surface area contributed by atoms with Crippen LogP contribution in [0.3, 0.4) is 0 Å². The number of hydrogen-bond acceptors (Lipinski definition) is 8. The zero-order chi connectivity index (χ0) is 24.7. The lowest BCUT2D eigenvalue weighted by molar-refractivity contribution is -0.0265. The zero-order valence-corrected chi connectivity index (χ0v) is 21.1. The van der Waals surface area contributed by atoms with Crippen LogP contribution in [0.1, 0.15) is 49.9 Å². The number of carbonyl (C=O) groups excluding carboxylic acids is 1. The third-order valence-corrected chi connectivity index (χ3v) is 9.66. The van der Waals surface area contributed by atoms with E-state index in [1.165, 1.54) is 10.9 Å². The Morgan fingerprint density at radius 2 is 2.15 bits per heavy atom. The number of hydrogen-bond donors (Lipinski definition) is 4. The molecule has 3 aliphatic heterocycles. The van der Waals surface area contributed by atoms with Gasteiger partial charge in [-0.05, 0) is 38.3 Å². The van der Waals surface area contributed by atoms with E-state index in [0.717, 1.165) is 32.4 Å². The zero-order valence-electron chi connectivity index (χ0n) is 20.3. The second-order valence-electron chi connectivity index (χ2n) is 10.1. The van der Waals surface area contributed by atoms with Crippen LogP contribution in [0.5, 0.6) is 0 Å². The fourth-order valence-corrected chi connectivity index (χ4v) is 7.11. The first-order chi connectivity index (χ1) is 16.1. The third kappa shape index (κ3) is 4.51. The number of nitrogens with zero attached hydrogens (tertiary/aromatic N) is 3. The van der Waals surface area contributed by atoms with E-state index in [1.807, 2.05) is 0 Å². The monoisotopic (exact) mass is 499 g/mol. The first-order valence-corrected chi connectivity index (χ1v) is 14.2. The Bertz CT molecular complexity index is 1020. The van der Waals surface area contributed by atoms with E-state index in [-0.39, 0.29) is 42.3 Å². The molecule has 1 aromatic heterocycles. The molecule has 0 saturated carbocycles. The molecule has 5 atom stereocenters. The Hall–Kier alpha value is -1.92. The summed E-state index contributed by atoms with van der Waals surface area (Å²) in [5.74, 6) is 0.391. The molecule has 0 radical (unpaired) electrons. The van der Waals surface area contributed by atoms with Crippen LogP contribution in [-0.2, 0) is 16.4 Å². The lowest BCUT2D eigenvalue weighted by atomic mass is 9.70. The summed E-state index contributed by atoms with van der Waals surface area (Å²) in [6, 6.07) is -0.255. The van der Waals surface area contributed by atoms with E-state index < -0.39 is 26.8 Å². The average molecular weight is 500 g/mol. The van der Waals surface area contributed by atoms with Crippen molar-refractivity contribution in [3.05, 3.63) is 5.56 Å². The highest BCUT2D eigenvalue weighted by atomic mass is 32.2. The summed E-state index contributed by atoms with van der Waals surface area (Å²) in [4.78, 5) is 15.9. The van der Waals surface area contributed by atoms with E-state index in [4.69, 9.17) is 5.73 Å². The Morgan fingerprint density at radius 1 is 1.38 bits per heavy atom. The number of halogens is 1. The van der Waals surface area contributed by atoms with Crippen molar-refractivity contribution in [2.45, 2.75) is 69.1 Å². The number of nitrogen functional groups attached to an aromatic ring is 1. The molecule has 5 unspecified atom stereocenters. The van der Waals surface area contributed by atoms with Crippen LogP contribution in [0.15, 0.2) is 0 Å². The average Bonchev–Trinajstić information content (AvgIpc) is 3.13. The number of fused-ring (bicyclic) bond motifs is 1. The maximum Gasteiger partial charge on any atom is 0.259 e. The van der Waals surface area contributed by atoms with E-state index in [0.29, 0.717) is 25.3 Å². The summed E-state index contributed by atoms with van der Waals surface area (Å²) in [5, 5.41) is 13.3. The lowest BCUT2D eigenvalue weighted by Gasteiger charge is -2.56. The lowest BCUT2D eigenvalue weighted by Crippen LogP contribution is -2.72. The molecule has 5 N–H and O–H groups in total. The van der Waals surface area contributed by atoms with Crippen LogP contribution in [0.2, 0.25) is 0 Å². The number of piperidine rings is 2. The third-order valence-electron chi connectivity index (χ3n) is 8.07. The van der Waals surface area contributed by atoms with Crippen LogP contribution < -0.4 is 21.7 Å². The number of rotatable bonds is 6. The van der Waals surface area contributed by atoms with Gasteiger partial charge in [-0.15, -0.1) is 0 Å². The summed E-state index contributed by atoms with van der Waals surface area (Å²) >= 11 is 0. The standard InChI is InChI=1S/C22H38FN7O3S/c1-4-14(2)22(29-9-5-6-16(13-29)34(3,32)33)7-8-25-11-17(22)27-21(31)18-19(24)28-30-12-15(23)10-26-20(18)30/h14-17,25-26H,4-13H2,1-3H3,(H2,24,28)(H,27,31). The van der Waals surface area contributed by atoms with Gasteiger partial charge in [-0.2, -0.15) is 5.10 Å². The Balaban J connectivity index is 1.65. The number of amides is 1. The van der Waals surface area contributed by atoms with Gasteiger partial charge in [0.2, 0.25) is 0 Å². The number of likely N-dealkylation sites (tertiary alicyclic amines) is 1. The predicted molar refractivity (Wildman–Crippen MR) is 130 cm³/mol. The van der Waals surface area contributed by atoms with Crippen molar-refractivity contribution < 1.29 is 17.6 Å². The number of anilines is 2. The van der Waals surface area contributed by atoms with Gasteiger partial charge in [-0.25, -0.2) is 17.5 Å². The summed E-state index contributed by atoms with van der Waals surface area (Å²) in [6.07, 6.45) is 3.40. The minimum Gasteiger partial charge on any atom is -0.381 e. The van der Waals surface area contributed by atoms with Crippen LogP contribution in [0.25, 0.3) is 0 Å². The van der Waals surface area contributed by atoms with Gasteiger partial charge in [-0.1, -0.05) is 20.3 Å². The summed E-state index contributed by atoms with van der Waals surface area (Å²) in [6.45, 7) is 7.12. The molecule has 4 heterocycles. The van der Waals surface area contributed by atoms with Gasteiger partial charge in [0, 0.05) is 31.4 Å². The fraction of sp³-hybridized carbons (Fsp3) is 0.818. The number of aromatic nitrogens is 2. The number of sulfone groups is 1. The molecular weight excluding hydrogens is 461 g/mol. The van der Waals surface area contributed by atoms with Crippen LogP contribution in [0.4, 0.5) is 16.0 Å². The van der Waals surface area contributed by atoms with E-state index in [2.05, 4.69) is 39.8 Å². The summed E-state index contributed by atoms with van der Waals surface area (Å²) in [7, 11) is -3.16. The second kappa shape index (κ2) is 9.62. The molecule has 2 saturated heterocycles. The normalized spacial score (nSPS) is 31.4. The van der Waals surface area contributed by atoms with Gasteiger partial charge in [0.05, 0.1) is 17.8 Å². The number of nitrogens with two attached hydrogens (primary N) is 1. The molecule has 0 bridgehead atoms. The van der Waals surface area contributed by atoms with Crippen molar-refractivity contribution in [1.29, 1.82) is 0 Å². The smallest absolute Gasteiger partial charge is 0.259 e. The van der Waals surface area contributed by atoms with Gasteiger partial charge < -0.3 is 21.7 Å².